The van der Waals surface area contributed by atoms with Crippen molar-refractivity contribution in [2.75, 3.05) is 46.3 Å². The third kappa shape index (κ3) is 7.36. The molecule has 0 aromatic heterocycles. The molecule has 10 nitrogen and oxygen atoms in total. The number of likely N-dealkylation sites (N-methyl/N-ethyl adjacent to an activating group) is 1. The molecule has 2 aliphatic rings. The number of piperidine rings is 1. The molecule has 4 amide bonds. The van der Waals surface area contributed by atoms with Gasteiger partial charge in [0.05, 0.1) is 19.2 Å². The van der Waals surface area contributed by atoms with Crippen LogP contribution in [-0.2, 0) is 19.1 Å². The summed E-state index contributed by atoms with van der Waals surface area (Å²) in [6, 6.07) is -0.667. The monoisotopic (exact) mass is 453 g/mol. The van der Waals surface area contributed by atoms with Crippen LogP contribution in [0.1, 0.15) is 47.0 Å². The molecule has 2 heterocycles. The van der Waals surface area contributed by atoms with Gasteiger partial charge in [-0.1, -0.05) is 13.8 Å². The van der Waals surface area contributed by atoms with E-state index in [0.29, 0.717) is 32.6 Å². The number of ether oxygens (including phenoxy) is 1. The van der Waals surface area contributed by atoms with Gasteiger partial charge >= 0.3 is 6.09 Å². The Labute approximate surface area is 190 Å². The molecule has 0 unspecified atom stereocenters. The molecule has 3 N–H and O–H groups in total. The van der Waals surface area contributed by atoms with E-state index in [1.54, 1.807) is 16.8 Å². The van der Waals surface area contributed by atoms with Crippen molar-refractivity contribution in [2.45, 2.75) is 59.1 Å². The average molecular weight is 454 g/mol. The maximum Gasteiger partial charge on any atom is 0.410 e. The summed E-state index contributed by atoms with van der Waals surface area (Å²) in [4.78, 5) is 52.5. The lowest BCUT2D eigenvalue weighted by Crippen LogP contribution is -2.62. The van der Waals surface area contributed by atoms with Crippen molar-refractivity contribution in [3.8, 4) is 0 Å². The first kappa shape index (κ1) is 25.9. The number of hydrogen-bond donors (Lipinski definition) is 3. The Morgan fingerprint density at radius 2 is 1.59 bits per heavy atom. The highest BCUT2D eigenvalue weighted by molar-refractivity contribution is 5.91. The standard InChI is InChI=1S/C22H39N5O5/c1-15(2)10-17(25-18(28)11-23-5)20(30)24-12-19(29)26-8-6-22(7-9-26)13-27(14-22)21(31)32-16(3)4/h15-17,23H,6-14H2,1-5H3,(H,24,30)(H,25,28)/t17-/m1/s1. The summed E-state index contributed by atoms with van der Waals surface area (Å²) in [7, 11) is 1.66. The molecule has 0 aromatic carbocycles. The maximum absolute atomic E-state index is 12.6. The number of carbonyl (C=O) groups is 4. The zero-order valence-electron chi connectivity index (χ0n) is 20.0. The van der Waals surface area contributed by atoms with E-state index in [1.807, 2.05) is 27.7 Å². The van der Waals surface area contributed by atoms with Gasteiger partial charge in [0.1, 0.15) is 6.04 Å². The van der Waals surface area contributed by atoms with Crippen LogP contribution in [0, 0.1) is 11.3 Å². The summed E-state index contributed by atoms with van der Waals surface area (Å²) in [6.45, 7) is 10.2. The Kier molecular flexibility index (Phi) is 9.30. The molecule has 2 aliphatic heterocycles. The molecule has 0 aromatic rings. The van der Waals surface area contributed by atoms with E-state index in [1.165, 1.54) is 0 Å². The van der Waals surface area contributed by atoms with Crippen LogP contribution >= 0.6 is 0 Å². The Balaban J connectivity index is 1.76. The van der Waals surface area contributed by atoms with Gasteiger partial charge in [-0.2, -0.15) is 0 Å². The van der Waals surface area contributed by atoms with Gasteiger partial charge in [-0.05, 0) is 46.1 Å². The second-order valence-electron chi connectivity index (χ2n) is 9.67. The average Bonchev–Trinajstić information content (AvgIpc) is 2.68. The maximum atomic E-state index is 12.6. The summed E-state index contributed by atoms with van der Waals surface area (Å²) in [6.07, 6.45) is 1.75. The van der Waals surface area contributed by atoms with Crippen LogP contribution in [0.5, 0.6) is 0 Å². The molecule has 182 valence electrons. The van der Waals surface area contributed by atoms with Gasteiger partial charge in [-0.15, -0.1) is 0 Å². The minimum Gasteiger partial charge on any atom is -0.447 e. The second-order valence-corrected chi connectivity index (χ2v) is 9.67. The molecule has 1 spiro atoms. The first-order chi connectivity index (χ1) is 15.0. The van der Waals surface area contributed by atoms with E-state index in [9.17, 15) is 19.2 Å². The number of carbonyl (C=O) groups excluding carboxylic acids is 4. The lowest BCUT2D eigenvalue weighted by molar-refractivity contribution is -0.137. The highest BCUT2D eigenvalue weighted by Crippen LogP contribution is 2.40. The van der Waals surface area contributed by atoms with Gasteiger partial charge in [-0.25, -0.2) is 4.79 Å². The fraction of sp³-hybridized carbons (Fsp3) is 0.818. The van der Waals surface area contributed by atoms with Crippen molar-refractivity contribution in [1.82, 2.24) is 25.8 Å². The zero-order chi connectivity index (χ0) is 23.9. The lowest BCUT2D eigenvalue weighted by Gasteiger charge is -2.53. The molecule has 2 saturated heterocycles. The minimum absolute atomic E-state index is 0.0655. The Bertz CT molecular complexity index is 680. The van der Waals surface area contributed by atoms with Crippen LogP contribution < -0.4 is 16.0 Å². The van der Waals surface area contributed by atoms with Crippen LogP contribution in [0.15, 0.2) is 0 Å². The summed E-state index contributed by atoms with van der Waals surface area (Å²) < 4.78 is 5.24. The molecule has 0 aliphatic carbocycles. The van der Waals surface area contributed by atoms with E-state index in [-0.39, 0.29) is 54.3 Å². The Hall–Kier alpha value is -2.36. The van der Waals surface area contributed by atoms with Crippen LogP contribution in [0.4, 0.5) is 4.79 Å². The Morgan fingerprint density at radius 3 is 2.12 bits per heavy atom. The molecule has 1 atom stereocenters. The van der Waals surface area contributed by atoms with Gasteiger partial charge in [0.25, 0.3) is 0 Å². The Morgan fingerprint density at radius 1 is 0.969 bits per heavy atom. The van der Waals surface area contributed by atoms with E-state index >= 15 is 0 Å². The van der Waals surface area contributed by atoms with E-state index in [2.05, 4.69) is 16.0 Å². The summed E-state index contributed by atoms with van der Waals surface area (Å²) in [5, 5.41) is 8.17. The third-order valence-corrected chi connectivity index (χ3v) is 5.93. The number of nitrogens with one attached hydrogen (secondary N) is 3. The summed E-state index contributed by atoms with van der Waals surface area (Å²) >= 11 is 0. The molecule has 2 fully saturated rings. The van der Waals surface area contributed by atoms with E-state index in [4.69, 9.17) is 4.74 Å². The van der Waals surface area contributed by atoms with Crippen molar-refractivity contribution in [1.29, 1.82) is 0 Å². The molecular formula is C22H39N5O5. The number of amides is 4. The minimum atomic E-state index is -0.667. The predicted octanol–water partition coefficient (Wildman–Crippen LogP) is 0.322. The third-order valence-electron chi connectivity index (χ3n) is 5.93. The van der Waals surface area contributed by atoms with Crippen molar-refractivity contribution in [2.24, 2.45) is 11.3 Å². The molecule has 32 heavy (non-hydrogen) atoms. The first-order valence-electron chi connectivity index (χ1n) is 11.5. The van der Waals surface area contributed by atoms with Crippen LogP contribution in [0.2, 0.25) is 0 Å². The predicted molar refractivity (Wildman–Crippen MR) is 120 cm³/mol. The van der Waals surface area contributed by atoms with Crippen LogP contribution in [0.3, 0.4) is 0 Å². The van der Waals surface area contributed by atoms with Crippen molar-refractivity contribution in [3.63, 3.8) is 0 Å². The highest BCUT2D eigenvalue weighted by atomic mass is 16.6. The van der Waals surface area contributed by atoms with Gasteiger partial charge in [0.15, 0.2) is 0 Å². The fourth-order valence-corrected chi connectivity index (χ4v) is 4.22. The summed E-state index contributed by atoms with van der Waals surface area (Å²) in [5.74, 6) is -0.515. The van der Waals surface area contributed by atoms with Crippen molar-refractivity contribution in [3.05, 3.63) is 0 Å². The van der Waals surface area contributed by atoms with Gasteiger partial charge < -0.3 is 30.5 Å². The smallest absolute Gasteiger partial charge is 0.410 e. The molecule has 0 bridgehead atoms. The molecule has 0 radical (unpaired) electrons. The normalized spacial score (nSPS) is 18.3. The summed E-state index contributed by atoms with van der Waals surface area (Å²) in [5.41, 5.74) is 0.0655. The topological polar surface area (TPSA) is 120 Å². The zero-order valence-corrected chi connectivity index (χ0v) is 20.0. The second kappa shape index (κ2) is 11.5. The number of rotatable bonds is 9. The lowest BCUT2D eigenvalue weighted by atomic mass is 9.72. The van der Waals surface area contributed by atoms with Gasteiger partial charge in [-0.3, -0.25) is 14.4 Å². The van der Waals surface area contributed by atoms with Crippen LogP contribution in [0.25, 0.3) is 0 Å². The SMILES string of the molecule is CNCC(=O)N[C@H](CC(C)C)C(=O)NCC(=O)N1CCC2(CC1)CN(C(=O)OC(C)C)C2. The van der Waals surface area contributed by atoms with Crippen molar-refractivity contribution >= 4 is 23.8 Å². The van der Waals surface area contributed by atoms with Crippen LogP contribution in [-0.4, -0.2) is 92.1 Å². The van der Waals surface area contributed by atoms with E-state index in [0.717, 1.165) is 12.8 Å². The molecule has 10 heteroatoms. The van der Waals surface area contributed by atoms with E-state index < -0.39 is 6.04 Å². The highest BCUT2D eigenvalue weighted by Gasteiger charge is 2.47. The molecule has 2 rings (SSSR count). The quantitative estimate of drug-likeness (QED) is 0.463. The molecule has 0 saturated carbocycles. The number of hydrogen-bond acceptors (Lipinski definition) is 6. The largest absolute Gasteiger partial charge is 0.447 e. The van der Waals surface area contributed by atoms with Crippen molar-refractivity contribution < 1.29 is 23.9 Å². The first-order valence-corrected chi connectivity index (χ1v) is 11.5. The molecular weight excluding hydrogens is 414 g/mol. The number of likely N-dealkylation sites (tertiary alicyclic amines) is 2. The van der Waals surface area contributed by atoms with Gasteiger partial charge in [0.2, 0.25) is 17.7 Å². The fourth-order valence-electron chi connectivity index (χ4n) is 4.22. The number of nitrogens with zero attached hydrogens (tertiary/aromatic N) is 2. The van der Waals surface area contributed by atoms with Gasteiger partial charge in [0, 0.05) is 31.6 Å².